The number of esters is 1. The Hall–Kier alpha value is -2.90. The maximum absolute atomic E-state index is 11.9. The lowest BCUT2D eigenvalue weighted by atomic mass is 10.2. The quantitative estimate of drug-likeness (QED) is 0.707. The largest absolute Gasteiger partial charge is 0.449 e. The van der Waals surface area contributed by atoms with Gasteiger partial charge in [0.2, 0.25) is 5.91 Å². The highest BCUT2D eigenvalue weighted by Crippen LogP contribution is 2.12. The number of urea groups is 1. The maximum atomic E-state index is 11.9. The first-order chi connectivity index (χ1) is 10.3. The van der Waals surface area contributed by atoms with Crippen molar-refractivity contribution in [2.45, 2.75) is 20.0 Å². The van der Waals surface area contributed by atoms with Gasteiger partial charge in [0.05, 0.1) is 5.56 Å². The molecule has 1 rings (SSSR count). The van der Waals surface area contributed by atoms with Crippen molar-refractivity contribution in [1.82, 2.24) is 10.6 Å². The molecule has 0 spiro atoms. The molecule has 8 heteroatoms. The van der Waals surface area contributed by atoms with E-state index in [2.05, 4.69) is 10.6 Å². The van der Waals surface area contributed by atoms with Crippen molar-refractivity contribution in [2.24, 2.45) is 0 Å². The Labute approximate surface area is 127 Å². The van der Waals surface area contributed by atoms with Gasteiger partial charge in [0, 0.05) is 19.7 Å². The minimum atomic E-state index is -1.14. The zero-order valence-electron chi connectivity index (χ0n) is 12.4. The fraction of sp³-hybridized carbons (Fsp3) is 0.286. The van der Waals surface area contributed by atoms with E-state index in [0.717, 1.165) is 0 Å². The number of carbonyl (C=O) groups is 4. The van der Waals surface area contributed by atoms with Gasteiger partial charge in [-0.05, 0) is 25.1 Å². The van der Waals surface area contributed by atoms with Gasteiger partial charge >= 0.3 is 12.0 Å². The SMILES string of the molecule is CNC(=O)NC(=O)[C@H](C)OC(=O)c1cccc(NC(C)=O)c1. The second-order valence-electron chi connectivity index (χ2n) is 4.38. The molecule has 0 fully saturated rings. The van der Waals surface area contributed by atoms with Gasteiger partial charge in [-0.25, -0.2) is 9.59 Å². The summed E-state index contributed by atoms with van der Waals surface area (Å²) < 4.78 is 4.96. The summed E-state index contributed by atoms with van der Waals surface area (Å²) in [4.78, 5) is 45.5. The van der Waals surface area contributed by atoms with Crippen LogP contribution in [0.3, 0.4) is 0 Å². The molecule has 0 radical (unpaired) electrons. The third kappa shape index (κ3) is 5.23. The fourth-order valence-corrected chi connectivity index (χ4v) is 1.49. The van der Waals surface area contributed by atoms with Crippen molar-refractivity contribution in [1.29, 1.82) is 0 Å². The summed E-state index contributed by atoms with van der Waals surface area (Å²) in [6, 6.07) is 5.39. The molecule has 0 aromatic heterocycles. The molecule has 0 bridgehead atoms. The Balaban J connectivity index is 2.70. The van der Waals surface area contributed by atoms with Gasteiger partial charge in [0.25, 0.3) is 5.91 Å². The highest BCUT2D eigenvalue weighted by molar-refractivity contribution is 5.99. The number of amides is 4. The molecule has 22 heavy (non-hydrogen) atoms. The third-order valence-corrected chi connectivity index (χ3v) is 2.54. The van der Waals surface area contributed by atoms with Crippen molar-refractivity contribution in [2.75, 3.05) is 12.4 Å². The number of anilines is 1. The van der Waals surface area contributed by atoms with E-state index in [1.165, 1.54) is 33.0 Å². The molecule has 0 aliphatic carbocycles. The summed E-state index contributed by atoms with van der Waals surface area (Å²) in [7, 11) is 1.35. The highest BCUT2D eigenvalue weighted by atomic mass is 16.5. The molecule has 0 heterocycles. The summed E-state index contributed by atoms with van der Waals surface area (Å²) >= 11 is 0. The number of carbonyl (C=O) groups excluding carboxylic acids is 4. The predicted molar refractivity (Wildman–Crippen MR) is 78.2 cm³/mol. The van der Waals surface area contributed by atoms with Crippen molar-refractivity contribution >= 4 is 29.5 Å². The number of rotatable bonds is 4. The summed E-state index contributed by atoms with van der Waals surface area (Å²) in [6.07, 6.45) is -1.14. The molecular formula is C14H17N3O5. The Morgan fingerprint density at radius 2 is 1.86 bits per heavy atom. The smallest absolute Gasteiger partial charge is 0.338 e. The van der Waals surface area contributed by atoms with E-state index in [1.807, 2.05) is 5.32 Å². The lowest BCUT2D eigenvalue weighted by Crippen LogP contribution is -2.43. The van der Waals surface area contributed by atoms with Crippen LogP contribution in [0.5, 0.6) is 0 Å². The topological polar surface area (TPSA) is 114 Å². The number of benzene rings is 1. The van der Waals surface area contributed by atoms with E-state index < -0.39 is 24.0 Å². The molecule has 1 aromatic carbocycles. The van der Waals surface area contributed by atoms with Crippen LogP contribution in [0.2, 0.25) is 0 Å². The van der Waals surface area contributed by atoms with Crippen LogP contribution in [0, 0.1) is 0 Å². The van der Waals surface area contributed by atoms with E-state index in [1.54, 1.807) is 12.1 Å². The van der Waals surface area contributed by atoms with Crippen molar-refractivity contribution in [3.63, 3.8) is 0 Å². The van der Waals surface area contributed by atoms with Gasteiger partial charge in [0.15, 0.2) is 6.10 Å². The molecule has 0 saturated carbocycles. The van der Waals surface area contributed by atoms with E-state index in [0.29, 0.717) is 5.69 Å². The summed E-state index contributed by atoms with van der Waals surface area (Å²) in [5, 5.41) is 6.74. The Kier molecular flexibility index (Phi) is 6.06. The normalized spacial score (nSPS) is 11.0. The Morgan fingerprint density at radius 3 is 2.45 bits per heavy atom. The molecule has 8 nitrogen and oxygen atoms in total. The van der Waals surface area contributed by atoms with Crippen LogP contribution in [0.1, 0.15) is 24.2 Å². The fourth-order valence-electron chi connectivity index (χ4n) is 1.49. The minimum absolute atomic E-state index is 0.172. The number of hydrogen-bond donors (Lipinski definition) is 3. The Morgan fingerprint density at radius 1 is 1.18 bits per heavy atom. The second-order valence-corrected chi connectivity index (χ2v) is 4.38. The van der Waals surface area contributed by atoms with Crippen LogP contribution >= 0.6 is 0 Å². The van der Waals surface area contributed by atoms with Crippen LogP contribution in [-0.4, -0.2) is 37.0 Å². The summed E-state index contributed by atoms with van der Waals surface area (Å²) in [5.74, 6) is -1.76. The molecule has 1 aromatic rings. The van der Waals surface area contributed by atoms with Crippen molar-refractivity contribution < 1.29 is 23.9 Å². The molecule has 0 aliphatic rings. The van der Waals surface area contributed by atoms with Crippen molar-refractivity contribution in [3.05, 3.63) is 29.8 Å². The minimum Gasteiger partial charge on any atom is -0.449 e. The van der Waals surface area contributed by atoms with Gasteiger partial charge in [-0.1, -0.05) is 6.07 Å². The van der Waals surface area contributed by atoms with Crippen LogP contribution in [0.4, 0.5) is 10.5 Å². The first-order valence-electron chi connectivity index (χ1n) is 6.44. The van der Waals surface area contributed by atoms with Crippen LogP contribution < -0.4 is 16.0 Å². The first-order valence-corrected chi connectivity index (χ1v) is 6.44. The van der Waals surface area contributed by atoms with Crippen LogP contribution in [-0.2, 0) is 14.3 Å². The third-order valence-electron chi connectivity index (χ3n) is 2.54. The molecule has 118 valence electrons. The molecule has 0 unspecified atom stereocenters. The van der Waals surface area contributed by atoms with E-state index in [4.69, 9.17) is 4.74 Å². The van der Waals surface area contributed by atoms with Gasteiger partial charge < -0.3 is 15.4 Å². The monoisotopic (exact) mass is 307 g/mol. The zero-order valence-corrected chi connectivity index (χ0v) is 12.4. The van der Waals surface area contributed by atoms with Crippen LogP contribution in [0.25, 0.3) is 0 Å². The zero-order chi connectivity index (χ0) is 16.7. The summed E-state index contributed by atoms with van der Waals surface area (Å²) in [5.41, 5.74) is 0.607. The average Bonchev–Trinajstić information content (AvgIpc) is 2.46. The molecule has 1 atom stereocenters. The van der Waals surface area contributed by atoms with E-state index in [-0.39, 0.29) is 11.5 Å². The Bertz CT molecular complexity index is 600. The van der Waals surface area contributed by atoms with E-state index >= 15 is 0 Å². The van der Waals surface area contributed by atoms with Gasteiger partial charge in [-0.2, -0.15) is 0 Å². The first kappa shape index (κ1) is 17.2. The van der Waals surface area contributed by atoms with Crippen molar-refractivity contribution in [3.8, 4) is 0 Å². The lowest BCUT2D eigenvalue weighted by molar-refractivity contribution is -0.127. The van der Waals surface area contributed by atoms with Gasteiger partial charge in [-0.15, -0.1) is 0 Å². The number of ether oxygens (including phenoxy) is 1. The lowest BCUT2D eigenvalue weighted by Gasteiger charge is -2.13. The van der Waals surface area contributed by atoms with Crippen LogP contribution in [0.15, 0.2) is 24.3 Å². The maximum Gasteiger partial charge on any atom is 0.338 e. The number of imide groups is 1. The molecule has 0 saturated heterocycles. The summed E-state index contributed by atoms with van der Waals surface area (Å²) in [6.45, 7) is 2.68. The molecule has 4 amide bonds. The highest BCUT2D eigenvalue weighted by Gasteiger charge is 2.20. The number of nitrogens with one attached hydrogen (secondary N) is 3. The average molecular weight is 307 g/mol. The molecule has 3 N–H and O–H groups in total. The molecular weight excluding hydrogens is 290 g/mol. The van der Waals surface area contributed by atoms with E-state index in [9.17, 15) is 19.2 Å². The standard InChI is InChI=1S/C14H17N3O5/c1-8(12(19)17-14(21)15-3)22-13(20)10-5-4-6-11(7-10)16-9(2)18/h4-8H,1-3H3,(H,16,18)(H2,15,17,19,21)/t8-/m0/s1. The number of hydrogen-bond acceptors (Lipinski definition) is 5. The second kappa shape index (κ2) is 7.77. The predicted octanol–water partition coefficient (Wildman–Crippen LogP) is 0.646. The van der Waals surface area contributed by atoms with Gasteiger partial charge in [-0.3, -0.25) is 14.9 Å². The molecule has 0 aliphatic heterocycles. The van der Waals surface area contributed by atoms with Gasteiger partial charge in [0.1, 0.15) is 0 Å².